The van der Waals surface area contributed by atoms with E-state index in [9.17, 15) is 10.1 Å². The molecule has 1 aromatic rings. The van der Waals surface area contributed by atoms with Crippen LogP contribution in [0.2, 0.25) is 0 Å². The first-order valence-corrected chi connectivity index (χ1v) is 7.09. The number of aryl methyl sites for hydroxylation is 1. The molecular weight excluding hydrogens is 351 g/mol. The third kappa shape index (κ3) is 3.86. The number of hydrogen-bond donors (Lipinski definition) is 0. The minimum atomic E-state index is -0.843. The normalized spacial score (nSPS) is 23.2. The molecule has 0 heterocycles. The second kappa shape index (κ2) is 7.53. The molecule has 1 saturated carbocycles. The number of hydrogen-bond acceptors (Lipinski definition) is 3. The first kappa shape index (κ1) is 19.1. The number of benzene rings is 1. The molecule has 4 heteroatoms. The van der Waals surface area contributed by atoms with Gasteiger partial charge < -0.3 is 10.8 Å². The standard InChI is InChI=1S/C18H20NO2.Y/c1-5-7-14-16(18(14,3)4)17(20)21-15(11-19)13-9-6-8-12(2)10-13;/h6-10,14-16H,1-4H3;/q-1;. The van der Waals surface area contributed by atoms with Gasteiger partial charge in [-0.1, -0.05) is 43.7 Å². The summed E-state index contributed by atoms with van der Waals surface area (Å²) < 4.78 is 5.43. The van der Waals surface area contributed by atoms with Crippen molar-refractivity contribution in [3.05, 3.63) is 47.5 Å². The number of carbonyl (C=O) groups excluding carboxylic acids is 1. The van der Waals surface area contributed by atoms with Gasteiger partial charge in [-0.3, -0.25) is 10.9 Å². The van der Waals surface area contributed by atoms with Crippen LogP contribution in [0.3, 0.4) is 0 Å². The van der Waals surface area contributed by atoms with Crippen LogP contribution < -0.4 is 0 Å². The minimum Gasteiger partial charge on any atom is -0.503 e. The minimum absolute atomic E-state index is 0. The summed E-state index contributed by atoms with van der Waals surface area (Å²) in [7, 11) is 0. The summed E-state index contributed by atoms with van der Waals surface area (Å²) in [6.07, 6.45) is 4.05. The van der Waals surface area contributed by atoms with Crippen molar-refractivity contribution in [3.63, 3.8) is 0 Å². The summed E-state index contributed by atoms with van der Waals surface area (Å²) in [6, 6.07) is 9.55. The van der Waals surface area contributed by atoms with Crippen LogP contribution in [0.15, 0.2) is 30.3 Å². The van der Waals surface area contributed by atoms with Gasteiger partial charge in [0.15, 0.2) is 0 Å². The van der Waals surface area contributed by atoms with Gasteiger partial charge in [0.1, 0.15) is 6.07 Å². The van der Waals surface area contributed by atoms with Crippen molar-refractivity contribution in [2.45, 2.75) is 33.8 Å². The van der Waals surface area contributed by atoms with Crippen LogP contribution in [0.5, 0.6) is 0 Å². The molecule has 0 saturated heterocycles. The molecular formula is C18H20NO2Y-. The first-order valence-electron chi connectivity index (χ1n) is 7.09. The summed E-state index contributed by atoms with van der Waals surface area (Å²) in [5.74, 6) is -0.345. The molecule has 22 heavy (non-hydrogen) atoms. The molecule has 0 N–H and O–H groups in total. The van der Waals surface area contributed by atoms with E-state index in [1.165, 1.54) is 0 Å². The number of allylic oxidation sites excluding steroid dienone is 2. The second-order valence-electron chi connectivity index (χ2n) is 6.14. The van der Waals surface area contributed by atoms with E-state index in [0.29, 0.717) is 0 Å². The Morgan fingerprint density at radius 2 is 2.18 bits per heavy atom. The topological polar surface area (TPSA) is 50.1 Å². The fourth-order valence-electron chi connectivity index (χ4n) is 2.81. The van der Waals surface area contributed by atoms with Gasteiger partial charge in [-0.15, -0.1) is 0 Å². The van der Waals surface area contributed by atoms with Crippen molar-refractivity contribution < 1.29 is 42.2 Å². The summed E-state index contributed by atoms with van der Waals surface area (Å²) in [5, 5.41) is 9.27. The van der Waals surface area contributed by atoms with E-state index in [1.54, 1.807) is 0 Å². The molecule has 0 amide bonds. The smallest absolute Gasteiger partial charge is 0.311 e. The second-order valence-corrected chi connectivity index (χ2v) is 6.14. The Balaban J connectivity index is 0.00000242. The predicted molar refractivity (Wildman–Crippen MR) is 79.9 cm³/mol. The maximum absolute atomic E-state index is 12.3. The van der Waals surface area contributed by atoms with Gasteiger partial charge in [0, 0.05) is 38.3 Å². The molecule has 2 rings (SSSR count). The molecule has 1 fully saturated rings. The number of carbonyl (C=O) groups is 1. The van der Waals surface area contributed by atoms with E-state index >= 15 is 0 Å². The van der Waals surface area contributed by atoms with E-state index in [1.807, 2.05) is 58.0 Å². The Morgan fingerprint density at radius 3 is 2.73 bits per heavy atom. The number of esters is 1. The zero-order valence-corrected chi connectivity index (χ0v) is 16.3. The molecule has 1 aromatic carbocycles. The van der Waals surface area contributed by atoms with Crippen molar-refractivity contribution in [1.29, 1.82) is 5.26 Å². The molecule has 0 spiro atoms. The van der Waals surface area contributed by atoms with E-state index < -0.39 is 6.10 Å². The zero-order valence-electron chi connectivity index (χ0n) is 13.5. The van der Waals surface area contributed by atoms with Gasteiger partial charge in [-0.05, 0) is 18.3 Å². The third-order valence-corrected chi connectivity index (χ3v) is 4.21. The van der Waals surface area contributed by atoms with Gasteiger partial charge in [0.2, 0.25) is 6.10 Å². The summed E-state index contributed by atoms with van der Waals surface area (Å²) in [6.45, 7) is 7.83. The van der Waals surface area contributed by atoms with Crippen LogP contribution in [-0.4, -0.2) is 5.97 Å². The monoisotopic (exact) mass is 371 g/mol. The molecule has 1 aliphatic carbocycles. The molecule has 3 atom stereocenters. The Kier molecular flexibility index (Phi) is 6.53. The number of rotatable bonds is 4. The van der Waals surface area contributed by atoms with E-state index in [0.717, 1.165) is 11.1 Å². The summed E-state index contributed by atoms with van der Waals surface area (Å²) in [5.41, 5.74) is 1.64. The predicted octanol–water partition coefficient (Wildman–Crippen LogP) is 3.75. The van der Waals surface area contributed by atoms with Gasteiger partial charge in [0.25, 0.3) is 0 Å². The molecule has 0 bridgehead atoms. The van der Waals surface area contributed by atoms with Gasteiger partial charge in [0.05, 0.1) is 5.92 Å². The van der Waals surface area contributed by atoms with Crippen molar-refractivity contribution in [2.75, 3.05) is 0 Å². The molecule has 0 aliphatic heterocycles. The Hall–Kier alpha value is -0.976. The maximum atomic E-state index is 12.3. The molecule has 3 unspecified atom stereocenters. The first-order chi connectivity index (χ1) is 9.91. The quantitative estimate of drug-likeness (QED) is 0.598. The van der Waals surface area contributed by atoms with Gasteiger partial charge in [-0.2, -0.15) is 12.2 Å². The summed E-state index contributed by atoms with van der Waals surface area (Å²) >= 11 is 0. The number of ether oxygens (including phenoxy) is 1. The number of nitrogens with zero attached hydrogens (tertiary/aromatic N) is 1. The van der Waals surface area contributed by atoms with Crippen LogP contribution in [0.25, 0.3) is 0 Å². The fraction of sp³-hybridized carbons (Fsp3) is 0.444. The van der Waals surface area contributed by atoms with Crippen LogP contribution in [0.4, 0.5) is 0 Å². The Bertz CT molecular complexity index is 616. The maximum Gasteiger partial charge on any atom is 0.311 e. The average Bonchev–Trinajstić information content (AvgIpc) is 2.97. The van der Waals surface area contributed by atoms with E-state index in [2.05, 4.69) is 12.1 Å². The summed E-state index contributed by atoms with van der Waals surface area (Å²) in [4.78, 5) is 12.3. The molecule has 1 radical (unpaired) electrons. The van der Waals surface area contributed by atoms with Crippen molar-refractivity contribution in [2.24, 2.45) is 17.3 Å². The van der Waals surface area contributed by atoms with Crippen molar-refractivity contribution in [1.82, 2.24) is 0 Å². The Labute approximate surface area is 157 Å². The number of nitriles is 1. The van der Waals surface area contributed by atoms with Crippen LogP contribution in [0.1, 0.15) is 38.0 Å². The van der Waals surface area contributed by atoms with Crippen LogP contribution in [-0.2, 0) is 42.2 Å². The van der Waals surface area contributed by atoms with Crippen molar-refractivity contribution >= 4 is 5.97 Å². The van der Waals surface area contributed by atoms with E-state index in [4.69, 9.17) is 4.74 Å². The van der Waals surface area contributed by atoms with E-state index in [-0.39, 0.29) is 55.9 Å². The van der Waals surface area contributed by atoms with Crippen LogP contribution in [0, 0.1) is 41.6 Å². The molecule has 0 aromatic heterocycles. The average molecular weight is 371 g/mol. The van der Waals surface area contributed by atoms with Crippen LogP contribution >= 0.6 is 0 Å². The molecule has 3 nitrogen and oxygen atoms in total. The molecule has 113 valence electrons. The largest absolute Gasteiger partial charge is 0.503 e. The third-order valence-electron chi connectivity index (χ3n) is 4.21. The van der Waals surface area contributed by atoms with Crippen molar-refractivity contribution in [3.8, 4) is 6.07 Å². The Morgan fingerprint density at radius 1 is 1.50 bits per heavy atom. The SMILES string of the molecule is C[C-]=CC1C(C(=O)OC(C#N)c2cccc(C)c2)C1(C)C.[Y]. The van der Waals surface area contributed by atoms with Gasteiger partial charge in [-0.25, -0.2) is 0 Å². The van der Waals surface area contributed by atoms with Gasteiger partial charge >= 0.3 is 5.97 Å². The molecule has 1 aliphatic rings. The fourth-order valence-corrected chi connectivity index (χ4v) is 2.81. The zero-order chi connectivity index (χ0) is 15.6.